The van der Waals surface area contributed by atoms with Crippen molar-refractivity contribution >= 4 is 5.91 Å². The zero-order valence-corrected chi connectivity index (χ0v) is 11.8. The summed E-state index contributed by atoms with van der Waals surface area (Å²) in [5.41, 5.74) is 1.12. The second-order valence-corrected chi connectivity index (χ2v) is 4.78. The standard InChI is InChI=1S/C15H21NO3/c1-4-19-14-9-15(17)16(10-14)11(2)12-5-7-13(18-3)8-6-12/h5-8,11,14H,4,9-10H2,1-3H3/t11-,14?/m0/s1. The van der Waals surface area contributed by atoms with E-state index in [9.17, 15) is 4.79 Å². The van der Waals surface area contributed by atoms with Gasteiger partial charge in [-0.05, 0) is 31.5 Å². The molecule has 0 spiro atoms. The van der Waals surface area contributed by atoms with Crippen molar-refractivity contribution in [2.24, 2.45) is 0 Å². The topological polar surface area (TPSA) is 38.8 Å². The highest BCUT2D eigenvalue weighted by molar-refractivity contribution is 5.79. The number of carbonyl (C=O) groups is 1. The van der Waals surface area contributed by atoms with E-state index in [1.807, 2.05) is 43.0 Å². The lowest BCUT2D eigenvalue weighted by Crippen LogP contribution is -2.29. The zero-order valence-electron chi connectivity index (χ0n) is 11.8. The van der Waals surface area contributed by atoms with E-state index in [1.54, 1.807) is 7.11 Å². The molecule has 1 fully saturated rings. The molecule has 1 aliphatic heterocycles. The Labute approximate surface area is 114 Å². The molecular formula is C15H21NO3. The van der Waals surface area contributed by atoms with Crippen LogP contribution >= 0.6 is 0 Å². The van der Waals surface area contributed by atoms with Crippen molar-refractivity contribution in [1.82, 2.24) is 4.90 Å². The number of amides is 1. The first kappa shape index (κ1) is 13.9. The largest absolute Gasteiger partial charge is 0.497 e. The molecule has 0 aromatic heterocycles. The minimum atomic E-state index is 0.0400. The van der Waals surface area contributed by atoms with E-state index in [-0.39, 0.29) is 18.1 Å². The minimum Gasteiger partial charge on any atom is -0.497 e. The molecular weight excluding hydrogens is 242 g/mol. The van der Waals surface area contributed by atoms with Crippen LogP contribution in [0.3, 0.4) is 0 Å². The van der Waals surface area contributed by atoms with Crippen molar-refractivity contribution in [1.29, 1.82) is 0 Å². The van der Waals surface area contributed by atoms with Gasteiger partial charge in [0.2, 0.25) is 5.91 Å². The van der Waals surface area contributed by atoms with Crippen molar-refractivity contribution in [3.63, 3.8) is 0 Å². The van der Waals surface area contributed by atoms with E-state index < -0.39 is 0 Å². The Morgan fingerprint density at radius 1 is 1.37 bits per heavy atom. The van der Waals surface area contributed by atoms with Crippen molar-refractivity contribution in [2.75, 3.05) is 20.3 Å². The number of carbonyl (C=O) groups excluding carboxylic acids is 1. The molecule has 2 atom stereocenters. The number of methoxy groups -OCH3 is 1. The molecule has 1 saturated heterocycles. The summed E-state index contributed by atoms with van der Waals surface area (Å²) in [6.45, 7) is 5.34. The lowest BCUT2D eigenvalue weighted by atomic mass is 10.1. The number of nitrogens with zero attached hydrogens (tertiary/aromatic N) is 1. The smallest absolute Gasteiger partial charge is 0.225 e. The van der Waals surface area contributed by atoms with E-state index in [4.69, 9.17) is 9.47 Å². The maximum atomic E-state index is 12.0. The first-order valence-electron chi connectivity index (χ1n) is 6.70. The van der Waals surface area contributed by atoms with Crippen LogP contribution in [0.15, 0.2) is 24.3 Å². The van der Waals surface area contributed by atoms with Gasteiger partial charge >= 0.3 is 0 Å². The molecule has 1 amide bonds. The summed E-state index contributed by atoms with van der Waals surface area (Å²) in [7, 11) is 1.65. The van der Waals surface area contributed by atoms with Gasteiger partial charge in [0.15, 0.2) is 0 Å². The van der Waals surface area contributed by atoms with E-state index in [0.29, 0.717) is 19.6 Å². The summed E-state index contributed by atoms with van der Waals surface area (Å²) in [5.74, 6) is 0.998. The highest BCUT2D eigenvalue weighted by Crippen LogP contribution is 2.27. The predicted molar refractivity (Wildman–Crippen MR) is 73.2 cm³/mol. The Kier molecular flexibility index (Phi) is 4.43. The molecule has 0 radical (unpaired) electrons. The monoisotopic (exact) mass is 263 g/mol. The van der Waals surface area contributed by atoms with Gasteiger partial charge in [-0.1, -0.05) is 12.1 Å². The Bertz CT molecular complexity index is 430. The summed E-state index contributed by atoms with van der Waals surface area (Å²) in [5, 5.41) is 0. The van der Waals surface area contributed by atoms with E-state index in [1.165, 1.54) is 0 Å². The normalized spacial score (nSPS) is 20.7. The first-order chi connectivity index (χ1) is 9.15. The SMILES string of the molecule is CCOC1CC(=O)N([C@@H](C)c2ccc(OC)cc2)C1. The predicted octanol–water partition coefficient (Wildman–Crippen LogP) is 2.39. The van der Waals surface area contributed by atoms with Crippen LogP contribution in [0.1, 0.15) is 31.9 Å². The highest BCUT2D eigenvalue weighted by Gasteiger charge is 2.33. The van der Waals surface area contributed by atoms with Crippen molar-refractivity contribution in [3.05, 3.63) is 29.8 Å². The first-order valence-corrected chi connectivity index (χ1v) is 6.70. The summed E-state index contributed by atoms with van der Waals surface area (Å²) < 4.78 is 10.7. The molecule has 1 aromatic rings. The number of likely N-dealkylation sites (tertiary alicyclic amines) is 1. The van der Waals surface area contributed by atoms with Crippen LogP contribution in [0.25, 0.3) is 0 Å². The van der Waals surface area contributed by atoms with Gasteiger partial charge in [0.05, 0.1) is 25.7 Å². The molecule has 1 unspecified atom stereocenters. The van der Waals surface area contributed by atoms with Crippen molar-refractivity contribution in [2.45, 2.75) is 32.4 Å². The van der Waals surface area contributed by atoms with Crippen LogP contribution in [0.5, 0.6) is 5.75 Å². The summed E-state index contributed by atoms with van der Waals surface area (Å²) >= 11 is 0. The molecule has 1 aromatic carbocycles. The van der Waals surface area contributed by atoms with Crippen LogP contribution in [0, 0.1) is 0 Å². The Morgan fingerprint density at radius 2 is 2.05 bits per heavy atom. The average Bonchev–Trinajstić information content (AvgIpc) is 2.79. The second kappa shape index (κ2) is 6.06. The molecule has 0 N–H and O–H groups in total. The third-order valence-electron chi connectivity index (χ3n) is 3.59. The Morgan fingerprint density at radius 3 is 2.63 bits per heavy atom. The second-order valence-electron chi connectivity index (χ2n) is 4.78. The Hall–Kier alpha value is -1.55. The molecule has 1 heterocycles. The molecule has 2 rings (SSSR count). The van der Waals surface area contributed by atoms with Crippen molar-refractivity contribution < 1.29 is 14.3 Å². The van der Waals surface area contributed by atoms with Gasteiger partial charge in [0, 0.05) is 13.2 Å². The fourth-order valence-corrected chi connectivity index (χ4v) is 2.48. The van der Waals surface area contributed by atoms with Gasteiger partial charge in [0.1, 0.15) is 5.75 Å². The number of hydrogen-bond donors (Lipinski definition) is 0. The van der Waals surface area contributed by atoms with Crippen LogP contribution in [0.2, 0.25) is 0 Å². The van der Waals surface area contributed by atoms with Gasteiger partial charge in [-0.15, -0.1) is 0 Å². The lowest BCUT2D eigenvalue weighted by molar-refractivity contribution is -0.129. The molecule has 4 nitrogen and oxygen atoms in total. The van der Waals surface area contributed by atoms with Crippen LogP contribution in [-0.2, 0) is 9.53 Å². The van der Waals surface area contributed by atoms with Gasteiger partial charge < -0.3 is 14.4 Å². The third-order valence-corrected chi connectivity index (χ3v) is 3.59. The molecule has 0 aliphatic carbocycles. The number of benzene rings is 1. The van der Waals surface area contributed by atoms with Crippen LogP contribution in [0.4, 0.5) is 0 Å². The zero-order chi connectivity index (χ0) is 13.8. The number of rotatable bonds is 5. The molecule has 19 heavy (non-hydrogen) atoms. The van der Waals surface area contributed by atoms with Crippen molar-refractivity contribution in [3.8, 4) is 5.75 Å². The quantitative estimate of drug-likeness (QED) is 0.818. The molecule has 4 heteroatoms. The maximum absolute atomic E-state index is 12.0. The van der Waals surface area contributed by atoms with E-state index in [2.05, 4.69) is 0 Å². The average molecular weight is 263 g/mol. The van der Waals surface area contributed by atoms with E-state index >= 15 is 0 Å². The summed E-state index contributed by atoms with van der Waals surface area (Å²) in [4.78, 5) is 13.9. The summed E-state index contributed by atoms with van der Waals surface area (Å²) in [6, 6.07) is 7.93. The van der Waals surface area contributed by atoms with Gasteiger partial charge in [0.25, 0.3) is 0 Å². The maximum Gasteiger partial charge on any atom is 0.225 e. The summed E-state index contributed by atoms with van der Waals surface area (Å²) in [6.07, 6.45) is 0.534. The Balaban J connectivity index is 2.06. The third kappa shape index (κ3) is 3.07. The molecule has 0 bridgehead atoms. The molecule has 1 aliphatic rings. The molecule has 104 valence electrons. The number of hydrogen-bond acceptors (Lipinski definition) is 3. The van der Waals surface area contributed by atoms with Gasteiger partial charge in [-0.2, -0.15) is 0 Å². The van der Waals surface area contributed by atoms with Crippen LogP contribution in [-0.4, -0.2) is 37.2 Å². The molecule has 0 saturated carbocycles. The van der Waals surface area contributed by atoms with E-state index in [0.717, 1.165) is 11.3 Å². The van der Waals surface area contributed by atoms with Gasteiger partial charge in [-0.3, -0.25) is 4.79 Å². The minimum absolute atomic E-state index is 0.0400. The lowest BCUT2D eigenvalue weighted by Gasteiger charge is -2.25. The van der Waals surface area contributed by atoms with Crippen LogP contribution < -0.4 is 4.74 Å². The number of ether oxygens (including phenoxy) is 2. The fraction of sp³-hybridized carbons (Fsp3) is 0.533. The highest BCUT2D eigenvalue weighted by atomic mass is 16.5. The van der Waals surface area contributed by atoms with Gasteiger partial charge in [-0.25, -0.2) is 0 Å². The fourth-order valence-electron chi connectivity index (χ4n) is 2.48.